The third-order valence-corrected chi connectivity index (χ3v) is 7.23. The number of hydrogen-bond acceptors (Lipinski definition) is 6. The van der Waals surface area contributed by atoms with E-state index in [1.807, 2.05) is 29.7 Å². The highest BCUT2D eigenvalue weighted by atomic mass is 32.1. The minimum absolute atomic E-state index is 0.200. The monoisotopic (exact) mass is 378 g/mol. The van der Waals surface area contributed by atoms with E-state index in [0.29, 0.717) is 5.92 Å². The van der Waals surface area contributed by atoms with E-state index < -0.39 is 0 Å². The van der Waals surface area contributed by atoms with Crippen LogP contribution < -0.4 is 10.6 Å². The lowest BCUT2D eigenvalue weighted by atomic mass is 9.96. The first-order chi connectivity index (χ1) is 12.3. The molecule has 4 nitrogen and oxygen atoms in total. The van der Waals surface area contributed by atoms with Crippen molar-refractivity contribution in [2.45, 2.75) is 31.5 Å². The molecule has 2 unspecified atom stereocenters. The Hall–Kier alpha value is -0.760. The first-order valence-corrected chi connectivity index (χ1v) is 10.7. The Balaban J connectivity index is 1.36. The van der Waals surface area contributed by atoms with Crippen LogP contribution in [0.25, 0.3) is 0 Å². The van der Waals surface area contributed by atoms with Gasteiger partial charge >= 0.3 is 0 Å². The van der Waals surface area contributed by atoms with E-state index >= 15 is 0 Å². The summed E-state index contributed by atoms with van der Waals surface area (Å²) < 4.78 is 12.1. The Morgan fingerprint density at radius 1 is 1.16 bits per heavy atom. The van der Waals surface area contributed by atoms with E-state index in [9.17, 15) is 0 Å². The maximum atomic E-state index is 6.10. The Morgan fingerprint density at radius 2 is 2.04 bits per heavy atom. The van der Waals surface area contributed by atoms with Gasteiger partial charge in [0.25, 0.3) is 0 Å². The Kier molecular flexibility index (Phi) is 5.55. The predicted molar refractivity (Wildman–Crippen MR) is 104 cm³/mol. The fourth-order valence-electron chi connectivity index (χ4n) is 3.81. The van der Waals surface area contributed by atoms with Gasteiger partial charge in [-0.25, -0.2) is 0 Å². The normalized spacial score (nSPS) is 25.6. The zero-order valence-electron chi connectivity index (χ0n) is 14.8. The van der Waals surface area contributed by atoms with E-state index in [4.69, 9.17) is 9.47 Å². The average Bonchev–Trinajstić information content (AvgIpc) is 3.23. The fourth-order valence-corrected chi connectivity index (χ4v) is 5.97. The second-order valence-electron chi connectivity index (χ2n) is 6.83. The standard InChI is InChI=1S/C19H26N2O2S2/c1-12-7-13-3-5-22-17(18(13)25-12)10-21-8-14-11-23-16(9-20-2)19-15(14)4-6-24-19/h4,6-7,14,16-17,20-21H,3,5,8-11H2,1-2H3/t14?,16-,17?/m0/s1. The summed E-state index contributed by atoms with van der Waals surface area (Å²) in [5, 5.41) is 9.07. The summed E-state index contributed by atoms with van der Waals surface area (Å²) in [5.41, 5.74) is 2.94. The number of nitrogens with one attached hydrogen (secondary N) is 2. The van der Waals surface area contributed by atoms with Gasteiger partial charge in [-0.2, -0.15) is 0 Å². The summed E-state index contributed by atoms with van der Waals surface area (Å²) >= 11 is 3.70. The molecule has 2 aliphatic rings. The minimum atomic E-state index is 0.200. The highest BCUT2D eigenvalue weighted by Gasteiger charge is 2.29. The van der Waals surface area contributed by atoms with Gasteiger partial charge in [0.05, 0.1) is 13.2 Å². The van der Waals surface area contributed by atoms with Crippen LogP contribution in [0.3, 0.4) is 0 Å². The lowest BCUT2D eigenvalue weighted by Gasteiger charge is -2.30. The molecule has 0 fully saturated rings. The summed E-state index contributed by atoms with van der Waals surface area (Å²) in [6.45, 7) is 6.51. The molecule has 0 aliphatic carbocycles. The van der Waals surface area contributed by atoms with Crippen LogP contribution in [0.2, 0.25) is 0 Å². The number of fused-ring (bicyclic) bond motifs is 2. The first-order valence-electron chi connectivity index (χ1n) is 9.01. The van der Waals surface area contributed by atoms with Crippen molar-refractivity contribution >= 4 is 22.7 Å². The van der Waals surface area contributed by atoms with Gasteiger partial charge in [0.1, 0.15) is 12.2 Å². The number of rotatable bonds is 6. The molecule has 0 saturated heterocycles. The van der Waals surface area contributed by atoms with Gasteiger partial charge in [-0.1, -0.05) is 0 Å². The van der Waals surface area contributed by atoms with Crippen LogP contribution in [0.1, 0.15) is 43.9 Å². The number of likely N-dealkylation sites (N-methyl/N-ethyl adjacent to an activating group) is 1. The second kappa shape index (κ2) is 7.86. The van der Waals surface area contributed by atoms with Crippen molar-refractivity contribution in [1.29, 1.82) is 0 Å². The molecule has 2 N–H and O–H groups in total. The van der Waals surface area contributed by atoms with Gasteiger partial charge in [-0.3, -0.25) is 0 Å². The van der Waals surface area contributed by atoms with Gasteiger partial charge < -0.3 is 20.1 Å². The highest BCUT2D eigenvalue weighted by Crippen LogP contribution is 2.37. The molecule has 25 heavy (non-hydrogen) atoms. The molecule has 6 heteroatoms. The summed E-state index contributed by atoms with van der Waals surface area (Å²) in [4.78, 5) is 4.19. The van der Waals surface area contributed by atoms with E-state index in [0.717, 1.165) is 39.3 Å². The second-order valence-corrected chi connectivity index (χ2v) is 9.07. The molecule has 4 rings (SSSR count). The van der Waals surface area contributed by atoms with Crippen LogP contribution in [-0.2, 0) is 15.9 Å². The van der Waals surface area contributed by atoms with Crippen molar-refractivity contribution in [3.63, 3.8) is 0 Å². The maximum Gasteiger partial charge on any atom is 0.104 e. The topological polar surface area (TPSA) is 42.5 Å². The van der Waals surface area contributed by atoms with Crippen molar-refractivity contribution < 1.29 is 9.47 Å². The third kappa shape index (κ3) is 3.70. The van der Waals surface area contributed by atoms with Crippen molar-refractivity contribution in [2.24, 2.45) is 0 Å². The zero-order chi connectivity index (χ0) is 17.2. The van der Waals surface area contributed by atoms with Gasteiger partial charge in [-0.05, 0) is 49.0 Å². The van der Waals surface area contributed by atoms with Crippen LogP contribution in [-0.4, -0.2) is 39.9 Å². The van der Waals surface area contributed by atoms with Crippen LogP contribution in [0.5, 0.6) is 0 Å². The molecule has 0 bridgehead atoms. The van der Waals surface area contributed by atoms with E-state index in [2.05, 4.69) is 35.1 Å². The van der Waals surface area contributed by atoms with Gasteiger partial charge in [0.2, 0.25) is 0 Å². The highest BCUT2D eigenvalue weighted by molar-refractivity contribution is 7.12. The first kappa shape index (κ1) is 17.6. The largest absolute Gasteiger partial charge is 0.371 e. The summed E-state index contributed by atoms with van der Waals surface area (Å²) in [7, 11) is 1.98. The average molecular weight is 379 g/mol. The van der Waals surface area contributed by atoms with Crippen molar-refractivity contribution in [1.82, 2.24) is 10.6 Å². The molecule has 0 saturated carbocycles. The number of thiophene rings is 2. The molecule has 0 spiro atoms. The molecule has 2 aliphatic heterocycles. The lowest BCUT2D eigenvalue weighted by Crippen LogP contribution is -2.34. The van der Waals surface area contributed by atoms with Crippen molar-refractivity contribution in [2.75, 3.05) is 39.9 Å². The molecule has 136 valence electrons. The summed E-state index contributed by atoms with van der Waals surface area (Å²) in [6, 6.07) is 4.60. The molecule has 2 aromatic rings. The van der Waals surface area contributed by atoms with E-state index in [1.165, 1.54) is 25.8 Å². The molecule has 2 aromatic heterocycles. The molecule has 4 heterocycles. The Labute approximate surface area is 157 Å². The third-order valence-electron chi connectivity index (χ3n) is 5.02. The van der Waals surface area contributed by atoms with Crippen molar-refractivity contribution in [3.05, 3.63) is 43.3 Å². The SMILES string of the molecule is CNC[C@@H]1OCC(CNCC2OCCc3cc(C)sc32)c2ccsc21. The molecular weight excluding hydrogens is 352 g/mol. The lowest BCUT2D eigenvalue weighted by molar-refractivity contribution is 0.0275. The number of ether oxygens (including phenoxy) is 2. The van der Waals surface area contributed by atoms with Crippen LogP contribution in [0, 0.1) is 6.92 Å². The van der Waals surface area contributed by atoms with Gasteiger partial charge in [0.15, 0.2) is 0 Å². The number of hydrogen-bond donors (Lipinski definition) is 2. The minimum Gasteiger partial charge on any atom is -0.371 e. The van der Waals surface area contributed by atoms with E-state index in [1.54, 1.807) is 0 Å². The number of aryl methyl sites for hydroxylation is 1. The van der Waals surface area contributed by atoms with Crippen LogP contribution >= 0.6 is 22.7 Å². The van der Waals surface area contributed by atoms with Gasteiger partial charge in [0, 0.05) is 40.2 Å². The molecule has 0 aromatic carbocycles. The van der Waals surface area contributed by atoms with Crippen LogP contribution in [0.4, 0.5) is 0 Å². The van der Waals surface area contributed by atoms with Crippen LogP contribution in [0.15, 0.2) is 17.5 Å². The van der Waals surface area contributed by atoms with Crippen molar-refractivity contribution in [3.8, 4) is 0 Å². The maximum absolute atomic E-state index is 6.10. The van der Waals surface area contributed by atoms with Gasteiger partial charge in [-0.15, -0.1) is 22.7 Å². The zero-order valence-corrected chi connectivity index (χ0v) is 16.5. The summed E-state index contributed by atoms with van der Waals surface area (Å²) in [6.07, 6.45) is 1.46. The quantitative estimate of drug-likeness (QED) is 0.809. The fraction of sp³-hybridized carbons (Fsp3) is 0.579. The van der Waals surface area contributed by atoms with E-state index in [-0.39, 0.29) is 12.2 Å². The predicted octanol–water partition coefficient (Wildman–Crippen LogP) is 3.40. The molecule has 0 radical (unpaired) electrons. The Bertz CT molecular complexity index is 712. The Morgan fingerprint density at radius 3 is 2.92 bits per heavy atom. The smallest absolute Gasteiger partial charge is 0.104 e. The molecule has 3 atom stereocenters. The molecule has 0 amide bonds. The molecular formula is C19H26N2O2S2. The summed E-state index contributed by atoms with van der Waals surface area (Å²) in [5.74, 6) is 0.433.